The molecule has 0 spiro atoms. The lowest BCUT2D eigenvalue weighted by Crippen LogP contribution is -2.56. The number of carbonyl (C=O) groups excluding carboxylic acids is 1. The number of hydrogen-bond donors (Lipinski definition) is 0. The second-order valence-electron chi connectivity index (χ2n) is 6.71. The quantitative estimate of drug-likeness (QED) is 0.834. The Hall–Kier alpha value is -1.59. The molecule has 1 heterocycles. The summed E-state index contributed by atoms with van der Waals surface area (Å²) in [5, 5.41) is 0. The molecule has 5 nitrogen and oxygen atoms in total. The summed E-state index contributed by atoms with van der Waals surface area (Å²) in [6.45, 7) is 7.65. The summed E-state index contributed by atoms with van der Waals surface area (Å²) in [6.07, 6.45) is 0.284. The molecule has 0 saturated carbocycles. The number of nitrogens with zero attached hydrogens (tertiary/aromatic N) is 1. The van der Waals surface area contributed by atoms with Gasteiger partial charge in [-0.25, -0.2) is 0 Å². The van der Waals surface area contributed by atoms with Gasteiger partial charge in [-0.05, 0) is 38.0 Å². The van der Waals surface area contributed by atoms with E-state index in [2.05, 4.69) is 0 Å². The zero-order valence-corrected chi connectivity index (χ0v) is 14.7. The third-order valence-corrected chi connectivity index (χ3v) is 4.01. The lowest BCUT2D eigenvalue weighted by atomic mass is 10.0. The van der Waals surface area contributed by atoms with Crippen LogP contribution in [0.25, 0.3) is 0 Å². The number of ether oxygens (including phenoxy) is 3. The lowest BCUT2D eigenvalue weighted by Gasteiger charge is -2.42. The monoisotopic (exact) mass is 321 g/mol. The molecule has 128 valence electrons. The van der Waals surface area contributed by atoms with Gasteiger partial charge in [-0.2, -0.15) is 0 Å². The van der Waals surface area contributed by atoms with Crippen LogP contribution in [0.3, 0.4) is 0 Å². The zero-order chi connectivity index (χ0) is 17.0. The topological polar surface area (TPSA) is 48.0 Å². The van der Waals surface area contributed by atoms with Gasteiger partial charge < -0.3 is 19.1 Å². The molecule has 0 radical (unpaired) electrons. The van der Waals surface area contributed by atoms with Gasteiger partial charge in [0.25, 0.3) is 0 Å². The van der Waals surface area contributed by atoms with E-state index in [1.165, 1.54) is 0 Å². The number of methoxy groups -OCH3 is 2. The summed E-state index contributed by atoms with van der Waals surface area (Å²) in [5.74, 6) is 0.920. The van der Waals surface area contributed by atoms with Gasteiger partial charge in [0.2, 0.25) is 5.91 Å². The predicted octanol–water partition coefficient (Wildman–Crippen LogP) is 2.20. The minimum atomic E-state index is -0.359. The normalized spacial score (nSPS) is 20.4. The Morgan fingerprint density at radius 2 is 2.13 bits per heavy atom. The Morgan fingerprint density at radius 3 is 2.78 bits per heavy atom. The van der Waals surface area contributed by atoms with Crippen molar-refractivity contribution in [2.45, 2.75) is 38.9 Å². The van der Waals surface area contributed by atoms with Crippen LogP contribution < -0.4 is 4.74 Å². The third kappa shape index (κ3) is 4.69. The highest BCUT2D eigenvalue weighted by Crippen LogP contribution is 2.23. The molecular weight excluding hydrogens is 294 g/mol. The van der Waals surface area contributed by atoms with Crippen molar-refractivity contribution < 1.29 is 19.0 Å². The van der Waals surface area contributed by atoms with E-state index in [0.717, 1.165) is 16.9 Å². The molecule has 1 atom stereocenters. The predicted molar refractivity (Wildman–Crippen MR) is 88.8 cm³/mol. The van der Waals surface area contributed by atoms with Crippen LogP contribution in [0, 0.1) is 6.92 Å². The molecule has 1 aliphatic rings. The van der Waals surface area contributed by atoms with E-state index in [-0.39, 0.29) is 17.6 Å². The van der Waals surface area contributed by atoms with Crippen molar-refractivity contribution in [1.82, 2.24) is 4.90 Å². The van der Waals surface area contributed by atoms with Crippen molar-refractivity contribution in [2.24, 2.45) is 0 Å². The molecule has 1 saturated heterocycles. The average molecular weight is 321 g/mol. The van der Waals surface area contributed by atoms with Crippen LogP contribution in [0.1, 0.15) is 25.0 Å². The standard InChI is InChI=1S/C18H27NO4/c1-13-6-7-14(8-16(13)22-5)9-17(20)19-10-15(11-21-4)23-18(2,3)12-19/h6-8,15H,9-12H2,1-5H3. The van der Waals surface area contributed by atoms with Crippen LogP contribution in [0.5, 0.6) is 5.75 Å². The molecule has 1 amide bonds. The SMILES string of the molecule is COCC1CN(C(=O)Cc2ccc(C)c(OC)c2)CC(C)(C)O1. The number of aryl methyl sites for hydroxylation is 1. The van der Waals surface area contributed by atoms with Gasteiger partial charge in [-0.15, -0.1) is 0 Å². The lowest BCUT2D eigenvalue weighted by molar-refractivity contribution is -0.168. The number of amides is 1. The Bertz CT molecular complexity index is 556. The van der Waals surface area contributed by atoms with Crippen LogP contribution in [-0.4, -0.2) is 56.4 Å². The highest BCUT2D eigenvalue weighted by Gasteiger charge is 2.35. The minimum Gasteiger partial charge on any atom is -0.496 e. The Labute approximate surface area is 138 Å². The molecule has 1 aromatic rings. The van der Waals surface area contributed by atoms with Gasteiger partial charge in [0.1, 0.15) is 5.75 Å². The first kappa shape index (κ1) is 17.8. The first-order valence-electron chi connectivity index (χ1n) is 7.92. The van der Waals surface area contributed by atoms with Crippen molar-refractivity contribution in [3.05, 3.63) is 29.3 Å². The second kappa shape index (κ2) is 7.32. The summed E-state index contributed by atoms with van der Waals surface area (Å²) in [6, 6.07) is 5.90. The van der Waals surface area contributed by atoms with Gasteiger partial charge in [0.15, 0.2) is 0 Å². The fourth-order valence-corrected chi connectivity index (χ4v) is 3.02. The molecule has 2 rings (SSSR count). The molecule has 0 aromatic heterocycles. The van der Waals surface area contributed by atoms with E-state index in [1.54, 1.807) is 14.2 Å². The third-order valence-electron chi connectivity index (χ3n) is 4.01. The number of rotatable bonds is 5. The molecule has 1 aromatic carbocycles. The molecule has 1 aliphatic heterocycles. The van der Waals surface area contributed by atoms with Crippen molar-refractivity contribution in [3.8, 4) is 5.75 Å². The van der Waals surface area contributed by atoms with E-state index in [4.69, 9.17) is 14.2 Å². The van der Waals surface area contributed by atoms with E-state index in [1.807, 2.05) is 43.9 Å². The molecule has 0 bridgehead atoms. The van der Waals surface area contributed by atoms with Gasteiger partial charge in [-0.3, -0.25) is 4.79 Å². The number of carbonyl (C=O) groups is 1. The van der Waals surface area contributed by atoms with Crippen molar-refractivity contribution in [3.63, 3.8) is 0 Å². The highest BCUT2D eigenvalue weighted by atomic mass is 16.5. The fourth-order valence-electron chi connectivity index (χ4n) is 3.02. The summed E-state index contributed by atoms with van der Waals surface area (Å²) in [7, 11) is 3.30. The van der Waals surface area contributed by atoms with E-state index < -0.39 is 0 Å². The molecule has 1 fully saturated rings. The maximum atomic E-state index is 12.7. The molecule has 0 N–H and O–H groups in total. The van der Waals surface area contributed by atoms with Crippen LogP contribution in [0.15, 0.2) is 18.2 Å². The summed E-state index contributed by atoms with van der Waals surface area (Å²) in [5.41, 5.74) is 1.67. The first-order valence-corrected chi connectivity index (χ1v) is 7.92. The maximum absolute atomic E-state index is 12.7. The van der Waals surface area contributed by atoms with Crippen molar-refractivity contribution in [1.29, 1.82) is 0 Å². The minimum absolute atomic E-state index is 0.0831. The smallest absolute Gasteiger partial charge is 0.227 e. The molecule has 1 unspecified atom stereocenters. The van der Waals surface area contributed by atoms with E-state index in [9.17, 15) is 4.79 Å². The zero-order valence-electron chi connectivity index (χ0n) is 14.7. The molecule has 0 aliphatic carbocycles. The molecular formula is C18H27NO4. The average Bonchev–Trinajstić information content (AvgIpc) is 2.48. The van der Waals surface area contributed by atoms with Gasteiger partial charge in [0.05, 0.1) is 31.8 Å². The maximum Gasteiger partial charge on any atom is 0.227 e. The molecule has 5 heteroatoms. The second-order valence-corrected chi connectivity index (χ2v) is 6.71. The van der Waals surface area contributed by atoms with E-state index >= 15 is 0 Å². The number of morpholine rings is 1. The van der Waals surface area contributed by atoms with E-state index in [0.29, 0.717) is 26.1 Å². The highest BCUT2D eigenvalue weighted by molar-refractivity contribution is 5.79. The summed E-state index contributed by atoms with van der Waals surface area (Å²) in [4.78, 5) is 14.6. The Balaban J connectivity index is 2.07. The van der Waals surface area contributed by atoms with Crippen molar-refractivity contribution in [2.75, 3.05) is 33.9 Å². The number of benzene rings is 1. The van der Waals surface area contributed by atoms with Gasteiger partial charge >= 0.3 is 0 Å². The van der Waals surface area contributed by atoms with Crippen LogP contribution in [0.2, 0.25) is 0 Å². The van der Waals surface area contributed by atoms with Crippen LogP contribution in [0.4, 0.5) is 0 Å². The van der Waals surface area contributed by atoms with Crippen LogP contribution in [-0.2, 0) is 20.7 Å². The Kier molecular flexibility index (Phi) is 5.65. The number of hydrogen-bond acceptors (Lipinski definition) is 4. The fraction of sp³-hybridized carbons (Fsp3) is 0.611. The largest absolute Gasteiger partial charge is 0.496 e. The van der Waals surface area contributed by atoms with Gasteiger partial charge in [0, 0.05) is 20.2 Å². The Morgan fingerprint density at radius 1 is 1.39 bits per heavy atom. The summed E-state index contributed by atoms with van der Waals surface area (Å²) >= 11 is 0. The summed E-state index contributed by atoms with van der Waals surface area (Å²) < 4.78 is 16.5. The van der Waals surface area contributed by atoms with Gasteiger partial charge in [-0.1, -0.05) is 12.1 Å². The first-order chi connectivity index (χ1) is 10.8. The molecule has 23 heavy (non-hydrogen) atoms. The van der Waals surface area contributed by atoms with Crippen molar-refractivity contribution >= 4 is 5.91 Å². The van der Waals surface area contributed by atoms with Crippen LogP contribution >= 0.6 is 0 Å².